The molecule has 0 N–H and O–H groups in total. The fraction of sp³-hybridized carbons (Fsp3) is 0.312. The highest BCUT2D eigenvalue weighted by Gasteiger charge is 2.72. The number of rotatable bonds is 14. The fourth-order valence-electron chi connectivity index (χ4n) is 7.05. The van der Waals surface area contributed by atoms with E-state index in [1.54, 1.807) is 24.3 Å². The molecule has 0 saturated carbocycles. The van der Waals surface area contributed by atoms with Crippen LogP contribution in [0.15, 0.2) is 127 Å². The Morgan fingerprint density at radius 1 is 0.424 bits per heavy atom. The van der Waals surface area contributed by atoms with Crippen LogP contribution in [0.2, 0.25) is 0 Å². The van der Waals surface area contributed by atoms with Crippen molar-refractivity contribution in [3.8, 4) is 51.4 Å². The maximum Gasteiger partial charge on any atom is 0.411 e. The van der Waals surface area contributed by atoms with E-state index in [2.05, 4.69) is 32.9 Å². The lowest BCUT2D eigenvalue weighted by Gasteiger charge is -2.38. The highest BCUT2D eigenvalue weighted by Crippen LogP contribution is 2.56. The average molecular weight is 812 g/mol. The average Bonchev–Trinajstić information content (AvgIpc) is 3.24. The van der Waals surface area contributed by atoms with Gasteiger partial charge in [0.05, 0.1) is 0 Å². The normalized spacial score (nSPS) is 12.7. The minimum atomic E-state index is -5.74. The predicted octanol–water partition coefficient (Wildman–Crippen LogP) is 14.1. The van der Waals surface area contributed by atoms with E-state index in [0.717, 1.165) is 72.5 Å². The maximum atomic E-state index is 14.9. The molecule has 0 aliphatic rings. The van der Waals surface area contributed by atoms with Crippen LogP contribution < -0.4 is 9.47 Å². The van der Waals surface area contributed by atoms with Gasteiger partial charge in [-0.25, -0.2) is 15.0 Å². The van der Waals surface area contributed by atoms with E-state index < -0.39 is 34.5 Å². The Balaban J connectivity index is 1.28. The first kappa shape index (κ1) is 42.9. The Kier molecular flexibility index (Phi) is 12.3. The smallest absolute Gasteiger partial charge is 0.411 e. The molecule has 0 amide bonds. The van der Waals surface area contributed by atoms with E-state index in [1.165, 1.54) is 5.56 Å². The van der Waals surface area contributed by atoms with Gasteiger partial charge in [-0.2, -0.15) is 26.3 Å². The minimum absolute atomic E-state index is 0.0430. The molecule has 5 nitrogen and oxygen atoms in total. The summed E-state index contributed by atoms with van der Waals surface area (Å²) in [6.07, 6.45) is -8.27. The first-order valence-electron chi connectivity index (χ1n) is 19.7. The van der Waals surface area contributed by atoms with Crippen molar-refractivity contribution in [2.75, 3.05) is 0 Å². The van der Waals surface area contributed by atoms with E-state index in [1.807, 2.05) is 63.2 Å². The standard InChI is InChI=1S/C48H47F6N3O2/c1-7-44(5,8-2)35-20-16-33(17-21-35)42-55-41(32-14-12-11-13-15-32)56-43(57-42)34-18-26-38(27-19-34)58-39-28-22-36(23-29-39)46(47(49,50)51,48(52,53)54)37-24-30-40(31-25-37)59-45(6,9-3)10-4/h11-31H,7-10H2,1-6H3. The van der Waals surface area contributed by atoms with Crippen molar-refractivity contribution >= 4 is 0 Å². The quantitative estimate of drug-likeness (QED) is 0.103. The molecule has 0 saturated heterocycles. The van der Waals surface area contributed by atoms with Crippen molar-refractivity contribution in [3.05, 3.63) is 144 Å². The summed E-state index contributed by atoms with van der Waals surface area (Å²) >= 11 is 0. The van der Waals surface area contributed by atoms with Gasteiger partial charge in [-0.1, -0.05) is 113 Å². The van der Waals surface area contributed by atoms with E-state index in [0.29, 0.717) is 41.6 Å². The molecule has 6 aromatic rings. The maximum absolute atomic E-state index is 14.9. The lowest BCUT2D eigenvalue weighted by Crippen LogP contribution is -2.54. The molecular weight excluding hydrogens is 765 g/mol. The van der Waals surface area contributed by atoms with Crippen LogP contribution in [0.25, 0.3) is 34.2 Å². The van der Waals surface area contributed by atoms with Gasteiger partial charge in [0.1, 0.15) is 22.8 Å². The zero-order valence-electron chi connectivity index (χ0n) is 33.9. The van der Waals surface area contributed by atoms with E-state index >= 15 is 0 Å². The molecule has 1 heterocycles. The van der Waals surface area contributed by atoms with Crippen LogP contribution in [0.3, 0.4) is 0 Å². The number of aromatic nitrogens is 3. The molecule has 0 aliphatic heterocycles. The Labute approximate surface area is 341 Å². The number of alkyl halides is 6. The lowest BCUT2D eigenvalue weighted by atomic mass is 9.73. The Morgan fingerprint density at radius 3 is 1.17 bits per heavy atom. The van der Waals surface area contributed by atoms with Crippen molar-refractivity contribution < 1.29 is 35.8 Å². The van der Waals surface area contributed by atoms with Gasteiger partial charge < -0.3 is 9.47 Å². The van der Waals surface area contributed by atoms with Crippen LogP contribution in [-0.2, 0) is 10.8 Å². The van der Waals surface area contributed by atoms with Gasteiger partial charge in [0.25, 0.3) is 0 Å². The second-order valence-corrected chi connectivity index (χ2v) is 15.2. The molecule has 6 rings (SSSR count). The molecule has 0 unspecified atom stereocenters. The van der Waals surface area contributed by atoms with Gasteiger partial charge in [0.2, 0.25) is 5.41 Å². The van der Waals surface area contributed by atoms with Gasteiger partial charge in [-0.3, -0.25) is 0 Å². The summed E-state index contributed by atoms with van der Waals surface area (Å²) in [6.45, 7) is 12.2. The number of hydrogen-bond donors (Lipinski definition) is 0. The molecule has 0 bridgehead atoms. The lowest BCUT2D eigenvalue weighted by molar-refractivity contribution is -0.288. The van der Waals surface area contributed by atoms with Crippen LogP contribution in [0.5, 0.6) is 17.2 Å². The number of nitrogens with zero attached hydrogens (tertiary/aromatic N) is 3. The molecule has 1 aromatic heterocycles. The van der Waals surface area contributed by atoms with Crippen LogP contribution in [-0.4, -0.2) is 32.9 Å². The van der Waals surface area contributed by atoms with Crippen LogP contribution >= 0.6 is 0 Å². The summed E-state index contributed by atoms with van der Waals surface area (Å²) in [5.41, 5.74) is -3.36. The fourth-order valence-corrected chi connectivity index (χ4v) is 7.05. The minimum Gasteiger partial charge on any atom is -0.488 e. The first-order chi connectivity index (χ1) is 28.0. The predicted molar refractivity (Wildman–Crippen MR) is 220 cm³/mol. The molecule has 0 atom stereocenters. The third kappa shape index (κ3) is 8.70. The summed E-state index contributed by atoms with van der Waals surface area (Å²) in [7, 11) is 0. The van der Waals surface area contributed by atoms with Crippen LogP contribution in [0, 0.1) is 0 Å². The molecule has 0 aliphatic carbocycles. The van der Waals surface area contributed by atoms with Gasteiger partial charge >= 0.3 is 12.4 Å². The second kappa shape index (κ2) is 16.9. The number of halogens is 6. The first-order valence-corrected chi connectivity index (χ1v) is 19.7. The summed E-state index contributed by atoms with van der Waals surface area (Å²) in [5, 5.41) is 0. The zero-order chi connectivity index (χ0) is 42.6. The summed E-state index contributed by atoms with van der Waals surface area (Å²) in [5.74, 6) is 1.89. The number of hydrogen-bond acceptors (Lipinski definition) is 5. The number of ether oxygens (including phenoxy) is 2. The van der Waals surface area contributed by atoms with Gasteiger partial charge in [-0.05, 0) is 103 Å². The van der Waals surface area contributed by atoms with Crippen molar-refractivity contribution in [1.29, 1.82) is 0 Å². The van der Waals surface area contributed by atoms with Gasteiger partial charge in [0.15, 0.2) is 17.5 Å². The Morgan fingerprint density at radius 2 is 0.780 bits per heavy atom. The van der Waals surface area contributed by atoms with Crippen molar-refractivity contribution in [2.24, 2.45) is 0 Å². The van der Waals surface area contributed by atoms with Crippen molar-refractivity contribution in [2.45, 2.75) is 96.0 Å². The van der Waals surface area contributed by atoms with Crippen LogP contribution in [0.4, 0.5) is 26.3 Å². The number of benzene rings is 5. The molecule has 5 aromatic carbocycles. The summed E-state index contributed by atoms with van der Waals surface area (Å²) in [4.78, 5) is 14.4. The van der Waals surface area contributed by atoms with Gasteiger partial charge in [-0.15, -0.1) is 0 Å². The van der Waals surface area contributed by atoms with Gasteiger partial charge in [0, 0.05) is 16.7 Å². The molecule has 59 heavy (non-hydrogen) atoms. The van der Waals surface area contributed by atoms with Crippen LogP contribution in [0.1, 0.15) is 83.9 Å². The highest BCUT2D eigenvalue weighted by molar-refractivity contribution is 5.67. The third-order valence-corrected chi connectivity index (χ3v) is 11.7. The summed E-state index contributed by atoms with van der Waals surface area (Å²) in [6, 6.07) is 32.3. The van der Waals surface area contributed by atoms with E-state index in [4.69, 9.17) is 24.4 Å². The van der Waals surface area contributed by atoms with Crippen molar-refractivity contribution in [3.63, 3.8) is 0 Å². The largest absolute Gasteiger partial charge is 0.488 e. The van der Waals surface area contributed by atoms with E-state index in [9.17, 15) is 26.3 Å². The van der Waals surface area contributed by atoms with Crippen molar-refractivity contribution in [1.82, 2.24) is 15.0 Å². The molecule has 0 fully saturated rings. The third-order valence-electron chi connectivity index (χ3n) is 11.7. The Hall–Kier alpha value is -5.71. The highest BCUT2D eigenvalue weighted by atomic mass is 19.4. The topological polar surface area (TPSA) is 57.1 Å². The molecule has 308 valence electrons. The van der Waals surface area contributed by atoms with E-state index in [-0.39, 0.29) is 16.9 Å². The second-order valence-electron chi connectivity index (χ2n) is 15.2. The summed E-state index contributed by atoms with van der Waals surface area (Å²) < 4.78 is 101. The molecule has 0 spiro atoms. The molecule has 11 heteroatoms. The SMILES string of the molecule is CCC(C)(CC)Oc1ccc(C(c2ccc(Oc3ccc(-c4nc(-c5ccccc5)nc(-c5ccc(C(C)(CC)CC)cc5)n4)cc3)cc2)(C(F)(F)F)C(F)(F)F)cc1. The Bertz CT molecular complexity index is 2290. The molecular formula is C48H47F6N3O2. The molecule has 0 radical (unpaired) electrons. The zero-order valence-corrected chi connectivity index (χ0v) is 33.9. The monoisotopic (exact) mass is 811 g/mol.